The summed E-state index contributed by atoms with van der Waals surface area (Å²) in [4.78, 5) is 40.3. The van der Waals surface area contributed by atoms with Crippen LogP contribution in [0, 0.1) is 47.1 Å². The van der Waals surface area contributed by atoms with E-state index in [9.17, 15) is 28.4 Å². The number of hydrogen-bond acceptors (Lipinski definition) is 6. The summed E-state index contributed by atoms with van der Waals surface area (Å²) in [5.41, 5.74) is -1.92. The number of nitrogens with zero attached hydrogens (tertiary/aromatic N) is 3. The number of halogens is 4. The summed E-state index contributed by atoms with van der Waals surface area (Å²) in [6.45, 7) is 8.06. The number of ether oxygens (including phenoxy) is 1. The van der Waals surface area contributed by atoms with Crippen LogP contribution in [0.4, 0.5) is 13.2 Å². The van der Waals surface area contributed by atoms with Crippen LogP contribution < -0.4 is 15.6 Å². The minimum absolute atomic E-state index is 0.335. The lowest BCUT2D eigenvalue weighted by atomic mass is 9.81. The number of benzene rings is 1. The lowest BCUT2D eigenvalue weighted by Gasteiger charge is -2.42. The third kappa shape index (κ3) is 6.32. The second-order valence-electron chi connectivity index (χ2n) is 11.4. The maximum absolute atomic E-state index is 15.2. The van der Waals surface area contributed by atoms with Gasteiger partial charge in [-0.25, -0.2) is 18.3 Å². The Balaban J connectivity index is 1.58. The largest absolute Gasteiger partial charge is 0.445 e. The summed E-state index contributed by atoms with van der Waals surface area (Å²) in [6.07, 6.45) is 3.57. The first-order valence-electron chi connectivity index (χ1n) is 13.7. The first-order chi connectivity index (χ1) is 20.2. The molecule has 2 heterocycles. The van der Waals surface area contributed by atoms with E-state index in [2.05, 4.69) is 21.6 Å². The van der Waals surface area contributed by atoms with Gasteiger partial charge in [0, 0.05) is 34.5 Å². The number of aryl methyl sites for hydroxylation is 1. The number of carbonyl (C=O) groups excluding carboxylic acids is 2. The molecule has 1 fully saturated rings. The van der Waals surface area contributed by atoms with E-state index in [0.717, 1.165) is 0 Å². The zero-order valence-corrected chi connectivity index (χ0v) is 24.9. The Hall–Kier alpha value is -4.11. The Bertz CT molecular complexity index is 1590. The standard InChI is InChI=1S/C30H31ClF3N5O4/c1-14-10-23(28(41)38-37-14)43-26-20(33)11-17(12-21(26)34)27(40)36-16(3)29(42)39-22(8-9-24(39)30(4,5)13-35)25-15(2)18(31)6-7-19(25)32/h6-7,10-12,15-16,22,24-25H,8-9H2,1-5H3,(H,36,40)(H,38,41)/t15?,16-,22+,24-,25?/m1/s1. The van der Waals surface area contributed by atoms with Gasteiger partial charge in [-0.15, -0.1) is 0 Å². The number of aromatic nitrogens is 2. The molecule has 43 heavy (non-hydrogen) atoms. The maximum atomic E-state index is 15.2. The Morgan fingerprint density at radius 2 is 1.86 bits per heavy atom. The topological polar surface area (TPSA) is 128 Å². The van der Waals surface area contributed by atoms with Crippen molar-refractivity contribution in [3.63, 3.8) is 0 Å². The highest BCUT2D eigenvalue weighted by atomic mass is 35.5. The number of likely N-dealkylation sites (tertiary alicyclic amines) is 1. The molecule has 4 rings (SSSR count). The average Bonchev–Trinajstić information content (AvgIpc) is 3.39. The van der Waals surface area contributed by atoms with Gasteiger partial charge in [0.05, 0.1) is 23.2 Å². The van der Waals surface area contributed by atoms with E-state index in [1.165, 1.54) is 37.0 Å². The third-order valence-corrected chi connectivity index (χ3v) is 8.47. The zero-order valence-electron chi connectivity index (χ0n) is 24.2. The molecule has 1 aromatic carbocycles. The normalized spacial score (nSPS) is 22.7. The quantitative estimate of drug-likeness (QED) is 0.427. The Kier molecular flexibility index (Phi) is 9.06. The van der Waals surface area contributed by atoms with Crippen LogP contribution in [-0.2, 0) is 4.79 Å². The van der Waals surface area contributed by atoms with Crippen LogP contribution in [0.3, 0.4) is 0 Å². The number of hydrogen-bond donors (Lipinski definition) is 2. The summed E-state index contributed by atoms with van der Waals surface area (Å²) in [5, 5.41) is 18.5. The van der Waals surface area contributed by atoms with Crippen molar-refractivity contribution in [2.45, 2.75) is 65.6 Å². The average molecular weight is 618 g/mol. The number of nitrogens with one attached hydrogen (secondary N) is 2. The molecule has 2 amide bonds. The van der Waals surface area contributed by atoms with E-state index in [1.54, 1.807) is 20.8 Å². The van der Waals surface area contributed by atoms with Gasteiger partial charge in [-0.05, 0) is 64.8 Å². The van der Waals surface area contributed by atoms with Crippen molar-refractivity contribution in [2.24, 2.45) is 17.3 Å². The first kappa shape index (κ1) is 31.8. The summed E-state index contributed by atoms with van der Waals surface area (Å²) < 4.78 is 50.0. The molecule has 2 aliphatic rings. The molecule has 2 unspecified atom stereocenters. The molecule has 1 aliphatic carbocycles. The number of H-pyrrole nitrogens is 1. The van der Waals surface area contributed by atoms with Crippen LogP contribution in [0.5, 0.6) is 11.5 Å². The van der Waals surface area contributed by atoms with Gasteiger partial charge in [0.25, 0.3) is 5.91 Å². The molecule has 228 valence electrons. The van der Waals surface area contributed by atoms with Crippen molar-refractivity contribution in [1.29, 1.82) is 5.26 Å². The lowest BCUT2D eigenvalue weighted by Crippen LogP contribution is -2.56. The molecule has 5 atom stereocenters. The number of amides is 2. The highest BCUT2D eigenvalue weighted by Crippen LogP contribution is 2.46. The van der Waals surface area contributed by atoms with Crippen LogP contribution in [0.15, 0.2) is 46.0 Å². The van der Waals surface area contributed by atoms with Crippen molar-refractivity contribution in [2.75, 3.05) is 0 Å². The molecular formula is C30H31ClF3N5O4. The van der Waals surface area contributed by atoms with Crippen LogP contribution in [0.2, 0.25) is 0 Å². The molecule has 0 radical (unpaired) electrons. The van der Waals surface area contributed by atoms with Crippen LogP contribution >= 0.6 is 11.6 Å². The molecule has 13 heteroatoms. The minimum atomic E-state index is -1.26. The smallest absolute Gasteiger partial charge is 0.307 e. The summed E-state index contributed by atoms with van der Waals surface area (Å²) in [7, 11) is 0. The predicted molar refractivity (Wildman–Crippen MR) is 152 cm³/mol. The predicted octanol–water partition coefficient (Wildman–Crippen LogP) is 5.42. The van der Waals surface area contributed by atoms with Crippen molar-refractivity contribution >= 4 is 23.4 Å². The lowest BCUT2D eigenvalue weighted by molar-refractivity contribution is -0.138. The van der Waals surface area contributed by atoms with E-state index >= 15 is 4.39 Å². The highest BCUT2D eigenvalue weighted by Gasteiger charge is 2.50. The van der Waals surface area contributed by atoms with E-state index in [-0.39, 0.29) is 0 Å². The van der Waals surface area contributed by atoms with E-state index in [0.29, 0.717) is 35.7 Å². The molecule has 2 aromatic rings. The fourth-order valence-electron chi connectivity index (χ4n) is 5.66. The number of rotatable bonds is 7. The van der Waals surface area contributed by atoms with Crippen molar-refractivity contribution in [3.8, 4) is 17.6 Å². The molecule has 0 saturated carbocycles. The van der Waals surface area contributed by atoms with Crippen molar-refractivity contribution in [3.05, 3.63) is 74.5 Å². The fourth-order valence-corrected chi connectivity index (χ4v) is 5.86. The molecule has 1 aliphatic heterocycles. The molecule has 9 nitrogen and oxygen atoms in total. The number of nitriles is 1. The van der Waals surface area contributed by atoms with Gasteiger partial charge in [0.2, 0.25) is 5.91 Å². The number of carbonyl (C=O) groups is 2. The fraction of sp³-hybridized carbons (Fsp3) is 0.433. The Morgan fingerprint density at radius 3 is 2.49 bits per heavy atom. The second-order valence-corrected chi connectivity index (χ2v) is 11.9. The SMILES string of the molecule is Cc1cc(Oc2c(F)cc(C(=O)N[C@H](C)C(=O)N3[C@H](C4C(F)=CC=C(Cl)C4C)CC[C@@H]3C(C)(C)C#N)cc2F)c(=O)[nH]n1. The number of aromatic amines is 1. The van der Waals surface area contributed by atoms with Gasteiger partial charge in [-0.3, -0.25) is 14.4 Å². The van der Waals surface area contributed by atoms with Gasteiger partial charge in [-0.1, -0.05) is 18.5 Å². The van der Waals surface area contributed by atoms with Crippen molar-refractivity contribution < 1.29 is 27.5 Å². The van der Waals surface area contributed by atoms with Crippen LogP contribution in [0.1, 0.15) is 56.6 Å². The first-order valence-corrected chi connectivity index (χ1v) is 14.0. The number of allylic oxidation sites excluding steroid dienone is 3. The summed E-state index contributed by atoms with van der Waals surface area (Å²) in [5.74, 6) is -6.98. The second kappa shape index (κ2) is 12.2. The van der Waals surface area contributed by atoms with Gasteiger partial charge in [-0.2, -0.15) is 10.4 Å². The van der Waals surface area contributed by atoms with Gasteiger partial charge < -0.3 is 15.0 Å². The Morgan fingerprint density at radius 1 is 1.21 bits per heavy atom. The molecule has 1 saturated heterocycles. The monoisotopic (exact) mass is 617 g/mol. The summed E-state index contributed by atoms with van der Waals surface area (Å²) >= 11 is 6.33. The zero-order chi connectivity index (χ0) is 31.8. The van der Waals surface area contributed by atoms with Crippen LogP contribution in [0.25, 0.3) is 0 Å². The molecule has 2 N–H and O–H groups in total. The third-order valence-electron chi connectivity index (χ3n) is 8.00. The highest BCUT2D eigenvalue weighted by molar-refractivity contribution is 6.30. The molecule has 1 aromatic heterocycles. The van der Waals surface area contributed by atoms with Crippen LogP contribution in [-0.4, -0.2) is 45.0 Å². The van der Waals surface area contributed by atoms with Crippen molar-refractivity contribution in [1.82, 2.24) is 20.4 Å². The maximum Gasteiger partial charge on any atom is 0.307 e. The molecular weight excluding hydrogens is 587 g/mol. The summed E-state index contributed by atoms with van der Waals surface area (Å²) in [6, 6.07) is 2.40. The van der Waals surface area contributed by atoms with E-state index in [4.69, 9.17) is 16.3 Å². The van der Waals surface area contributed by atoms with Gasteiger partial charge in [0.1, 0.15) is 11.9 Å². The van der Waals surface area contributed by atoms with E-state index in [1.807, 2.05) is 0 Å². The van der Waals surface area contributed by atoms with Gasteiger partial charge >= 0.3 is 5.56 Å². The van der Waals surface area contributed by atoms with E-state index < -0.39 is 87.3 Å². The minimum Gasteiger partial charge on any atom is -0.445 e. The van der Waals surface area contributed by atoms with Gasteiger partial charge in [0.15, 0.2) is 23.1 Å². The molecule has 0 spiro atoms. The Labute approximate surface area is 251 Å². The molecule has 0 bridgehead atoms.